The molecule has 2 N–H and O–H groups in total. The summed E-state index contributed by atoms with van der Waals surface area (Å²) in [5, 5.41) is 9.74. The van der Waals surface area contributed by atoms with Crippen molar-refractivity contribution in [2.45, 2.75) is 24.9 Å². The monoisotopic (exact) mass is 449 g/mol. The third-order valence-electron chi connectivity index (χ3n) is 5.95. The van der Waals surface area contributed by atoms with Gasteiger partial charge in [0.2, 0.25) is 5.91 Å². The van der Waals surface area contributed by atoms with Crippen molar-refractivity contribution in [2.24, 2.45) is 0 Å². The van der Waals surface area contributed by atoms with E-state index in [1.807, 2.05) is 29.0 Å². The van der Waals surface area contributed by atoms with E-state index < -0.39 is 17.8 Å². The standard InChI is InChI=1S/C24H20FN3O3S/c25-17-3-1-2-15(10-17)22(29)26-18-6-8-28-21(12-18)23(30)27-20-5-4-14(11-19(20)24(28)31)16-7-9-32-13-16/h1-5,7,9-11,13,18,21H,6,8,12H2,(H,26,29)(H,27,30). The minimum absolute atomic E-state index is 0.199. The zero-order valence-electron chi connectivity index (χ0n) is 17.0. The fourth-order valence-electron chi connectivity index (χ4n) is 4.30. The number of hydrogen-bond donors (Lipinski definition) is 2. The van der Waals surface area contributed by atoms with E-state index in [0.29, 0.717) is 30.6 Å². The van der Waals surface area contributed by atoms with E-state index in [4.69, 9.17) is 0 Å². The van der Waals surface area contributed by atoms with Crippen LogP contribution in [0.15, 0.2) is 59.3 Å². The number of thiophene rings is 1. The van der Waals surface area contributed by atoms with Crippen molar-refractivity contribution in [1.29, 1.82) is 0 Å². The van der Waals surface area contributed by atoms with Gasteiger partial charge in [-0.1, -0.05) is 12.1 Å². The number of fused-ring (bicyclic) bond motifs is 2. The third-order valence-corrected chi connectivity index (χ3v) is 6.63. The molecule has 1 saturated heterocycles. The molecule has 0 saturated carbocycles. The predicted molar refractivity (Wildman–Crippen MR) is 120 cm³/mol. The Morgan fingerprint density at radius 2 is 2.00 bits per heavy atom. The minimum atomic E-state index is -0.689. The molecule has 0 radical (unpaired) electrons. The van der Waals surface area contributed by atoms with Crippen molar-refractivity contribution in [3.63, 3.8) is 0 Å². The smallest absolute Gasteiger partial charge is 0.256 e. The molecule has 1 aromatic heterocycles. The summed E-state index contributed by atoms with van der Waals surface area (Å²) in [5.41, 5.74) is 3.13. The lowest BCUT2D eigenvalue weighted by atomic mass is 9.95. The topological polar surface area (TPSA) is 78.5 Å². The molecule has 8 heteroatoms. The average Bonchev–Trinajstić information content (AvgIpc) is 3.31. The highest BCUT2D eigenvalue weighted by Crippen LogP contribution is 2.32. The van der Waals surface area contributed by atoms with E-state index >= 15 is 0 Å². The van der Waals surface area contributed by atoms with Crippen LogP contribution in [0.3, 0.4) is 0 Å². The maximum absolute atomic E-state index is 13.4. The van der Waals surface area contributed by atoms with Crippen LogP contribution >= 0.6 is 11.3 Å². The number of amides is 3. The van der Waals surface area contributed by atoms with E-state index in [1.54, 1.807) is 22.3 Å². The Labute approximate surface area is 188 Å². The molecule has 162 valence electrons. The molecule has 2 aromatic carbocycles. The van der Waals surface area contributed by atoms with Crippen LogP contribution in [0.1, 0.15) is 33.6 Å². The van der Waals surface area contributed by atoms with Crippen molar-refractivity contribution in [3.05, 3.63) is 76.2 Å². The first-order chi connectivity index (χ1) is 15.5. The molecule has 5 rings (SSSR count). The first-order valence-corrected chi connectivity index (χ1v) is 11.3. The number of carbonyl (C=O) groups is 3. The number of halogens is 1. The average molecular weight is 450 g/mol. The molecule has 6 nitrogen and oxygen atoms in total. The van der Waals surface area contributed by atoms with E-state index in [-0.39, 0.29) is 23.4 Å². The van der Waals surface area contributed by atoms with Crippen LogP contribution in [0.4, 0.5) is 10.1 Å². The highest BCUT2D eigenvalue weighted by atomic mass is 32.1. The van der Waals surface area contributed by atoms with Gasteiger partial charge in [-0.05, 0) is 71.1 Å². The molecule has 0 aliphatic carbocycles. The van der Waals surface area contributed by atoms with Crippen LogP contribution in [0, 0.1) is 5.82 Å². The van der Waals surface area contributed by atoms with Gasteiger partial charge in [0, 0.05) is 18.2 Å². The summed E-state index contributed by atoms with van der Waals surface area (Å²) < 4.78 is 13.4. The van der Waals surface area contributed by atoms with Gasteiger partial charge < -0.3 is 15.5 Å². The Morgan fingerprint density at radius 1 is 1.12 bits per heavy atom. The molecule has 32 heavy (non-hydrogen) atoms. The summed E-state index contributed by atoms with van der Waals surface area (Å²) in [6, 6.07) is 11.9. The van der Waals surface area contributed by atoms with Crippen LogP contribution < -0.4 is 10.6 Å². The van der Waals surface area contributed by atoms with Crippen molar-refractivity contribution >= 4 is 34.7 Å². The number of nitrogens with zero attached hydrogens (tertiary/aromatic N) is 1. The summed E-state index contributed by atoms with van der Waals surface area (Å²) in [6.07, 6.45) is 0.806. The lowest BCUT2D eigenvalue weighted by molar-refractivity contribution is -0.121. The SMILES string of the molecule is O=C(NC1CCN2C(=O)c3cc(-c4ccsc4)ccc3NC(=O)C2C1)c1cccc(F)c1. The molecule has 2 aliphatic rings. The van der Waals surface area contributed by atoms with E-state index in [1.165, 1.54) is 24.3 Å². The number of carbonyl (C=O) groups excluding carboxylic acids is 3. The number of piperidine rings is 1. The van der Waals surface area contributed by atoms with Gasteiger partial charge in [-0.2, -0.15) is 11.3 Å². The van der Waals surface area contributed by atoms with Gasteiger partial charge in [0.25, 0.3) is 11.8 Å². The van der Waals surface area contributed by atoms with Gasteiger partial charge in [0.05, 0.1) is 11.3 Å². The van der Waals surface area contributed by atoms with Gasteiger partial charge in [0.1, 0.15) is 11.9 Å². The maximum atomic E-state index is 13.4. The van der Waals surface area contributed by atoms with Gasteiger partial charge in [-0.15, -0.1) is 0 Å². The second-order valence-electron chi connectivity index (χ2n) is 7.98. The second-order valence-corrected chi connectivity index (χ2v) is 8.76. The Bertz CT molecular complexity index is 1210. The maximum Gasteiger partial charge on any atom is 0.256 e. The predicted octanol–water partition coefficient (Wildman–Crippen LogP) is 3.91. The lowest BCUT2D eigenvalue weighted by Gasteiger charge is -2.37. The van der Waals surface area contributed by atoms with Crippen molar-refractivity contribution in [1.82, 2.24) is 10.2 Å². The highest BCUT2D eigenvalue weighted by Gasteiger charge is 2.40. The number of rotatable bonds is 3. The molecule has 2 unspecified atom stereocenters. The molecule has 3 heterocycles. The van der Waals surface area contributed by atoms with Gasteiger partial charge in [0.15, 0.2) is 0 Å². The number of hydrogen-bond acceptors (Lipinski definition) is 4. The molecule has 0 spiro atoms. The third kappa shape index (κ3) is 3.78. The van der Waals surface area contributed by atoms with Crippen LogP contribution in [0.25, 0.3) is 11.1 Å². The second kappa shape index (κ2) is 8.20. The molecule has 1 fully saturated rings. The fraction of sp³-hybridized carbons (Fsp3) is 0.208. The Hall–Kier alpha value is -3.52. The van der Waals surface area contributed by atoms with Gasteiger partial charge in [-0.25, -0.2) is 4.39 Å². The van der Waals surface area contributed by atoms with Crippen LogP contribution in [0.5, 0.6) is 0 Å². The van der Waals surface area contributed by atoms with Gasteiger partial charge in [-0.3, -0.25) is 14.4 Å². The van der Waals surface area contributed by atoms with E-state index in [0.717, 1.165) is 11.1 Å². The molecule has 0 bridgehead atoms. The summed E-state index contributed by atoms with van der Waals surface area (Å²) >= 11 is 1.58. The molecule has 2 aliphatic heterocycles. The van der Waals surface area contributed by atoms with Crippen molar-refractivity contribution < 1.29 is 18.8 Å². The number of benzene rings is 2. The Morgan fingerprint density at radius 3 is 2.78 bits per heavy atom. The summed E-state index contributed by atoms with van der Waals surface area (Å²) in [6.45, 7) is 0.340. The van der Waals surface area contributed by atoms with E-state index in [9.17, 15) is 18.8 Å². The first kappa shape index (κ1) is 20.4. The van der Waals surface area contributed by atoms with Crippen LogP contribution in [0.2, 0.25) is 0 Å². The first-order valence-electron chi connectivity index (χ1n) is 10.3. The normalized spacial score (nSPS) is 20.1. The summed E-state index contributed by atoms with van der Waals surface area (Å²) in [7, 11) is 0. The Kier molecular flexibility index (Phi) is 5.22. The highest BCUT2D eigenvalue weighted by molar-refractivity contribution is 7.08. The fourth-order valence-corrected chi connectivity index (χ4v) is 4.96. The van der Waals surface area contributed by atoms with Crippen molar-refractivity contribution in [2.75, 3.05) is 11.9 Å². The zero-order chi connectivity index (χ0) is 22.2. The largest absolute Gasteiger partial charge is 0.349 e. The van der Waals surface area contributed by atoms with Crippen LogP contribution in [-0.2, 0) is 4.79 Å². The van der Waals surface area contributed by atoms with E-state index in [2.05, 4.69) is 10.6 Å². The molecular formula is C24H20FN3O3S. The summed E-state index contributed by atoms with van der Waals surface area (Å²) in [4.78, 5) is 40.4. The zero-order valence-corrected chi connectivity index (χ0v) is 17.8. The quantitative estimate of drug-likeness (QED) is 0.637. The van der Waals surface area contributed by atoms with Crippen molar-refractivity contribution in [3.8, 4) is 11.1 Å². The number of nitrogens with one attached hydrogen (secondary N) is 2. The lowest BCUT2D eigenvalue weighted by Crippen LogP contribution is -2.55. The molecule has 3 aromatic rings. The molecule has 3 amide bonds. The minimum Gasteiger partial charge on any atom is -0.349 e. The molecule has 2 atom stereocenters. The van der Waals surface area contributed by atoms with Crippen LogP contribution in [-0.4, -0.2) is 41.2 Å². The van der Waals surface area contributed by atoms with Gasteiger partial charge >= 0.3 is 0 Å². The Balaban J connectivity index is 1.36. The summed E-state index contributed by atoms with van der Waals surface area (Å²) in [5.74, 6) is -1.35. The number of anilines is 1. The molecular weight excluding hydrogens is 429 g/mol.